The van der Waals surface area contributed by atoms with Gasteiger partial charge in [0, 0.05) is 11.3 Å². The lowest BCUT2D eigenvalue weighted by Crippen LogP contribution is -2.51. The zero-order chi connectivity index (χ0) is 29.1. The lowest BCUT2D eigenvalue weighted by atomic mass is 9.95. The van der Waals surface area contributed by atoms with E-state index in [0.717, 1.165) is 16.5 Å². The molecule has 2 amide bonds. The molecule has 5 rings (SSSR count). The molecule has 0 unspecified atom stereocenters. The summed E-state index contributed by atoms with van der Waals surface area (Å²) in [5.74, 6) is -0.363. The molecule has 1 aliphatic rings. The van der Waals surface area contributed by atoms with E-state index >= 15 is 0 Å². The van der Waals surface area contributed by atoms with E-state index in [1.165, 1.54) is 0 Å². The standard InChI is InChI=1S/C32H33N5O4/c1-21(16-17-32(2,3)40)30(38)35-25-20-41-29-15-8-7-13-28(29)36(31(25)39)19-22-10-9-14-26-23(22)18-34-37(26)27-12-6-5-11-24(27)33-4/h5-15,18,21,25,40H,16-17,19-20H2,1-3H3,(H,35,38)/t21-,25+/m1/s1. The van der Waals surface area contributed by atoms with Gasteiger partial charge in [0.1, 0.15) is 18.4 Å². The first kappa shape index (κ1) is 27.9. The van der Waals surface area contributed by atoms with Gasteiger partial charge in [-0.1, -0.05) is 49.4 Å². The Kier molecular flexibility index (Phi) is 7.77. The molecular formula is C32H33N5O4. The van der Waals surface area contributed by atoms with E-state index < -0.39 is 11.6 Å². The molecule has 3 aromatic carbocycles. The highest BCUT2D eigenvalue weighted by Gasteiger charge is 2.34. The average Bonchev–Trinajstić information content (AvgIpc) is 3.36. The number of aliphatic hydroxyl groups is 1. The molecule has 9 heteroatoms. The normalized spacial score (nSPS) is 15.9. The van der Waals surface area contributed by atoms with Crippen LogP contribution in [0.1, 0.15) is 39.2 Å². The predicted octanol–water partition coefficient (Wildman–Crippen LogP) is 5.17. The number of amides is 2. The molecule has 210 valence electrons. The van der Waals surface area contributed by atoms with Crippen molar-refractivity contribution in [1.29, 1.82) is 0 Å². The molecule has 9 nitrogen and oxygen atoms in total. The van der Waals surface area contributed by atoms with E-state index in [1.54, 1.807) is 42.6 Å². The number of rotatable bonds is 8. The van der Waals surface area contributed by atoms with Gasteiger partial charge in [-0.05, 0) is 56.5 Å². The monoisotopic (exact) mass is 551 g/mol. The van der Waals surface area contributed by atoms with Crippen molar-refractivity contribution in [1.82, 2.24) is 15.1 Å². The number of anilines is 1. The SMILES string of the molecule is [C-]#[N+]c1ccccc1-n1ncc2c(CN3C(=O)[C@@H](NC(=O)[C@H](C)CCC(C)(C)O)COc4ccccc43)cccc21. The van der Waals surface area contributed by atoms with Crippen LogP contribution in [-0.2, 0) is 16.1 Å². The van der Waals surface area contributed by atoms with Crippen molar-refractivity contribution in [3.63, 3.8) is 0 Å². The zero-order valence-corrected chi connectivity index (χ0v) is 23.4. The van der Waals surface area contributed by atoms with Crippen LogP contribution in [0.2, 0.25) is 0 Å². The molecule has 0 spiro atoms. The van der Waals surface area contributed by atoms with Crippen molar-refractivity contribution in [2.45, 2.75) is 51.8 Å². The van der Waals surface area contributed by atoms with E-state index in [9.17, 15) is 14.7 Å². The van der Waals surface area contributed by atoms with Crippen LogP contribution in [0.5, 0.6) is 5.75 Å². The number of ether oxygens (including phenoxy) is 1. The Bertz CT molecular complexity index is 1630. The first-order chi connectivity index (χ1) is 19.7. The fourth-order valence-electron chi connectivity index (χ4n) is 4.98. The third kappa shape index (κ3) is 5.93. The largest absolute Gasteiger partial charge is 0.489 e. The van der Waals surface area contributed by atoms with Gasteiger partial charge in [-0.2, -0.15) is 5.10 Å². The van der Waals surface area contributed by atoms with Crippen molar-refractivity contribution in [3.8, 4) is 11.4 Å². The maximum Gasteiger partial charge on any atom is 0.253 e. The van der Waals surface area contributed by atoms with Gasteiger partial charge in [0.05, 0.1) is 41.8 Å². The van der Waals surface area contributed by atoms with E-state index in [1.807, 2.05) is 60.7 Å². The summed E-state index contributed by atoms with van der Waals surface area (Å²) in [7, 11) is 0. The number of carbonyl (C=O) groups is 2. The number of fused-ring (bicyclic) bond motifs is 2. The maximum atomic E-state index is 14.0. The Morgan fingerprint density at radius 3 is 2.63 bits per heavy atom. The zero-order valence-electron chi connectivity index (χ0n) is 23.4. The number of para-hydroxylation sites is 4. The molecule has 41 heavy (non-hydrogen) atoms. The summed E-state index contributed by atoms with van der Waals surface area (Å²) >= 11 is 0. The van der Waals surface area contributed by atoms with E-state index in [-0.39, 0.29) is 30.9 Å². The number of hydrogen-bond donors (Lipinski definition) is 2. The summed E-state index contributed by atoms with van der Waals surface area (Å²) in [6, 6.07) is 19.5. The third-order valence-electron chi connectivity index (χ3n) is 7.34. The Labute approximate surface area is 239 Å². The molecule has 1 aromatic heterocycles. The van der Waals surface area contributed by atoms with Gasteiger partial charge >= 0.3 is 0 Å². The molecule has 4 aromatic rings. The van der Waals surface area contributed by atoms with Crippen molar-refractivity contribution in [2.24, 2.45) is 5.92 Å². The molecule has 0 bridgehead atoms. The van der Waals surface area contributed by atoms with Crippen molar-refractivity contribution >= 4 is 34.1 Å². The van der Waals surface area contributed by atoms with Gasteiger partial charge in [0.2, 0.25) is 11.6 Å². The van der Waals surface area contributed by atoms with Crippen molar-refractivity contribution < 1.29 is 19.4 Å². The minimum absolute atomic E-state index is 0.00579. The fourth-order valence-corrected chi connectivity index (χ4v) is 4.98. The molecule has 0 fully saturated rings. The van der Waals surface area contributed by atoms with Crippen LogP contribution >= 0.6 is 0 Å². The number of aromatic nitrogens is 2. The molecule has 0 radical (unpaired) electrons. The Hall–Kier alpha value is -4.68. The first-order valence-corrected chi connectivity index (χ1v) is 13.6. The number of nitrogens with one attached hydrogen (secondary N) is 1. The molecule has 2 heterocycles. The minimum atomic E-state index is -0.882. The van der Waals surface area contributed by atoms with Crippen LogP contribution in [0.25, 0.3) is 21.4 Å². The predicted molar refractivity (Wildman–Crippen MR) is 157 cm³/mol. The second-order valence-electron chi connectivity index (χ2n) is 11.0. The second-order valence-corrected chi connectivity index (χ2v) is 11.0. The highest BCUT2D eigenvalue weighted by molar-refractivity contribution is 6.01. The van der Waals surface area contributed by atoms with Crippen LogP contribution < -0.4 is 15.0 Å². The lowest BCUT2D eigenvalue weighted by molar-refractivity contribution is -0.130. The highest BCUT2D eigenvalue weighted by atomic mass is 16.5. The van der Waals surface area contributed by atoms with E-state index in [4.69, 9.17) is 11.3 Å². The number of carbonyl (C=O) groups excluding carboxylic acids is 2. The first-order valence-electron chi connectivity index (χ1n) is 13.6. The molecule has 0 aliphatic carbocycles. The van der Waals surface area contributed by atoms with Crippen LogP contribution in [-0.4, -0.2) is 45.0 Å². The Balaban J connectivity index is 1.45. The summed E-state index contributed by atoms with van der Waals surface area (Å²) in [5.41, 5.74) is 2.60. The van der Waals surface area contributed by atoms with Gasteiger partial charge in [-0.25, -0.2) is 9.53 Å². The van der Waals surface area contributed by atoms with Crippen LogP contribution in [0.4, 0.5) is 11.4 Å². The Morgan fingerprint density at radius 1 is 1.15 bits per heavy atom. The van der Waals surface area contributed by atoms with E-state index in [2.05, 4.69) is 15.3 Å². The summed E-state index contributed by atoms with van der Waals surface area (Å²) in [4.78, 5) is 32.3. The lowest BCUT2D eigenvalue weighted by Gasteiger charge is -2.26. The van der Waals surface area contributed by atoms with Crippen LogP contribution in [0, 0.1) is 12.5 Å². The van der Waals surface area contributed by atoms with Crippen LogP contribution in [0.3, 0.4) is 0 Å². The third-order valence-corrected chi connectivity index (χ3v) is 7.34. The minimum Gasteiger partial charge on any atom is -0.489 e. The maximum absolute atomic E-state index is 14.0. The molecule has 2 N–H and O–H groups in total. The summed E-state index contributed by atoms with van der Waals surface area (Å²) < 4.78 is 7.75. The van der Waals surface area contributed by atoms with Crippen molar-refractivity contribution in [2.75, 3.05) is 11.5 Å². The Morgan fingerprint density at radius 2 is 1.88 bits per heavy atom. The molecule has 1 aliphatic heterocycles. The van der Waals surface area contributed by atoms with Gasteiger partial charge in [0.15, 0.2) is 0 Å². The van der Waals surface area contributed by atoms with Crippen molar-refractivity contribution in [3.05, 3.63) is 89.9 Å². The second kappa shape index (κ2) is 11.4. The highest BCUT2D eigenvalue weighted by Crippen LogP contribution is 2.34. The number of hydrogen-bond acceptors (Lipinski definition) is 5. The van der Waals surface area contributed by atoms with Gasteiger partial charge < -0.3 is 20.1 Å². The van der Waals surface area contributed by atoms with Gasteiger partial charge in [-0.15, -0.1) is 0 Å². The molecule has 2 atom stereocenters. The molecule has 0 saturated carbocycles. The topological polar surface area (TPSA) is 101 Å². The number of benzene rings is 3. The quantitative estimate of drug-likeness (QED) is 0.294. The van der Waals surface area contributed by atoms with Gasteiger partial charge in [-0.3, -0.25) is 9.59 Å². The average molecular weight is 552 g/mol. The van der Waals surface area contributed by atoms with Crippen LogP contribution in [0.15, 0.2) is 72.9 Å². The molecular weight excluding hydrogens is 518 g/mol. The number of nitrogens with zero attached hydrogens (tertiary/aromatic N) is 4. The summed E-state index contributed by atoms with van der Waals surface area (Å²) in [6.07, 6.45) is 2.70. The molecule has 0 saturated heterocycles. The fraction of sp³-hybridized carbons (Fsp3) is 0.312. The smallest absolute Gasteiger partial charge is 0.253 e. The summed E-state index contributed by atoms with van der Waals surface area (Å²) in [6.45, 7) is 13.0. The summed E-state index contributed by atoms with van der Waals surface area (Å²) in [5, 5.41) is 18.4. The van der Waals surface area contributed by atoms with Gasteiger partial charge in [0.25, 0.3) is 5.91 Å². The van der Waals surface area contributed by atoms with E-state index in [0.29, 0.717) is 35.7 Å².